The van der Waals surface area contributed by atoms with Crippen molar-refractivity contribution in [1.29, 1.82) is 0 Å². The Balaban J connectivity index is 1.62. The Labute approximate surface area is 170 Å². The van der Waals surface area contributed by atoms with E-state index in [4.69, 9.17) is 0 Å². The number of hydrogen-bond donors (Lipinski definition) is 2. The monoisotopic (exact) mass is 391 g/mol. The van der Waals surface area contributed by atoms with E-state index in [0.29, 0.717) is 30.9 Å². The molecule has 0 fully saturated rings. The van der Waals surface area contributed by atoms with E-state index in [2.05, 4.69) is 20.7 Å². The fraction of sp³-hybridized carbons (Fsp3) is 0.273. The highest BCUT2D eigenvalue weighted by atomic mass is 16.2. The summed E-state index contributed by atoms with van der Waals surface area (Å²) in [6, 6.07) is 13.4. The minimum absolute atomic E-state index is 0.0556. The molecule has 0 aliphatic rings. The van der Waals surface area contributed by atoms with Crippen molar-refractivity contribution < 1.29 is 9.59 Å². The standard InChI is InChI=1S/C22H25N5O2/c1-15-10-11-25-27(15)13-12-23-22(29)20-8-9-21(26-16(20)2)19-6-4-18(5-7-19)14-24-17(3)28/h4-11H,12-14H2,1-3H3,(H,23,29)(H,24,28). The number of aryl methyl sites for hydroxylation is 2. The molecule has 2 heterocycles. The van der Waals surface area contributed by atoms with Gasteiger partial charge in [-0.25, -0.2) is 0 Å². The summed E-state index contributed by atoms with van der Waals surface area (Å²) in [6.45, 7) is 6.93. The van der Waals surface area contributed by atoms with Crippen LogP contribution >= 0.6 is 0 Å². The van der Waals surface area contributed by atoms with Crippen molar-refractivity contribution in [3.63, 3.8) is 0 Å². The second kappa shape index (κ2) is 9.14. The lowest BCUT2D eigenvalue weighted by Crippen LogP contribution is -2.28. The lowest BCUT2D eigenvalue weighted by molar-refractivity contribution is -0.119. The molecule has 0 saturated heterocycles. The Morgan fingerprint density at radius 1 is 1.00 bits per heavy atom. The van der Waals surface area contributed by atoms with Gasteiger partial charge in [-0.05, 0) is 37.6 Å². The average molecular weight is 391 g/mol. The Hall–Kier alpha value is -3.48. The molecule has 0 aliphatic heterocycles. The molecule has 2 N–H and O–H groups in total. The van der Waals surface area contributed by atoms with Gasteiger partial charge in [0, 0.05) is 37.5 Å². The number of carbonyl (C=O) groups is 2. The largest absolute Gasteiger partial charge is 0.352 e. The third-order valence-electron chi connectivity index (χ3n) is 4.66. The minimum atomic E-state index is -0.142. The van der Waals surface area contributed by atoms with Gasteiger partial charge in [-0.2, -0.15) is 5.10 Å². The molecule has 0 unspecified atom stereocenters. The molecule has 3 aromatic rings. The van der Waals surface area contributed by atoms with Crippen LogP contribution in [0.25, 0.3) is 11.3 Å². The molecule has 0 bridgehead atoms. The molecule has 2 amide bonds. The molecule has 7 heteroatoms. The average Bonchev–Trinajstić information content (AvgIpc) is 3.11. The predicted molar refractivity (Wildman–Crippen MR) is 111 cm³/mol. The van der Waals surface area contributed by atoms with Gasteiger partial charge in [0.15, 0.2) is 0 Å². The number of pyridine rings is 1. The van der Waals surface area contributed by atoms with Crippen molar-refractivity contribution in [2.75, 3.05) is 6.54 Å². The van der Waals surface area contributed by atoms with Gasteiger partial charge in [0.25, 0.3) is 5.91 Å². The van der Waals surface area contributed by atoms with Crippen molar-refractivity contribution in [3.05, 3.63) is 71.2 Å². The first-order valence-corrected chi connectivity index (χ1v) is 9.52. The second-order valence-corrected chi connectivity index (χ2v) is 6.89. The summed E-state index contributed by atoms with van der Waals surface area (Å²) in [5.74, 6) is -0.197. The topological polar surface area (TPSA) is 88.9 Å². The van der Waals surface area contributed by atoms with Crippen LogP contribution in [-0.4, -0.2) is 33.1 Å². The highest BCUT2D eigenvalue weighted by molar-refractivity contribution is 5.95. The fourth-order valence-electron chi connectivity index (χ4n) is 2.99. The molecule has 7 nitrogen and oxygen atoms in total. The number of benzene rings is 1. The molecular formula is C22H25N5O2. The van der Waals surface area contributed by atoms with Gasteiger partial charge >= 0.3 is 0 Å². The Kier molecular flexibility index (Phi) is 6.39. The first kappa shape index (κ1) is 20.3. The summed E-state index contributed by atoms with van der Waals surface area (Å²) in [6.07, 6.45) is 1.75. The molecule has 2 aromatic heterocycles. The zero-order valence-electron chi connectivity index (χ0n) is 16.9. The van der Waals surface area contributed by atoms with E-state index in [1.807, 2.05) is 54.9 Å². The first-order valence-electron chi connectivity index (χ1n) is 9.52. The normalized spacial score (nSPS) is 10.6. The number of nitrogens with one attached hydrogen (secondary N) is 2. The van der Waals surface area contributed by atoms with Crippen LogP contribution in [0.1, 0.15) is 34.2 Å². The summed E-state index contributed by atoms with van der Waals surface area (Å²) >= 11 is 0. The molecule has 1 aromatic carbocycles. The van der Waals surface area contributed by atoms with Gasteiger partial charge in [-0.1, -0.05) is 24.3 Å². The summed E-state index contributed by atoms with van der Waals surface area (Å²) in [4.78, 5) is 28.1. The Morgan fingerprint density at radius 3 is 2.38 bits per heavy atom. The van der Waals surface area contributed by atoms with Gasteiger partial charge in [0.05, 0.1) is 23.5 Å². The number of hydrogen-bond acceptors (Lipinski definition) is 4. The maximum atomic E-state index is 12.5. The fourth-order valence-corrected chi connectivity index (χ4v) is 2.99. The highest BCUT2D eigenvalue weighted by Gasteiger charge is 2.11. The zero-order chi connectivity index (χ0) is 20.8. The maximum absolute atomic E-state index is 12.5. The van der Waals surface area contributed by atoms with Gasteiger partial charge in [-0.3, -0.25) is 19.3 Å². The van der Waals surface area contributed by atoms with Gasteiger partial charge in [0.2, 0.25) is 5.91 Å². The first-order chi connectivity index (χ1) is 13.9. The lowest BCUT2D eigenvalue weighted by atomic mass is 10.1. The molecule has 0 saturated carbocycles. The minimum Gasteiger partial charge on any atom is -0.352 e. The third kappa shape index (κ3) is 5.28. The van der Waals surface area contributed by atoms with E-state index in [1.165, 1.54) is 6.92 Å². The van der Waals surface area contributed by atoms with Crippen LogP contribution in [0.5, 0.6) is 0 Å². The molecule has 0 atom stereocenters. The lowest BCUT2D eigenvalue weighted by Gasteiger charge is -2.10. The molecule has 0 spiro atoms. The van der Waals surface area contributed by atoms with Gasteiger partial charge in [-0.15, -0.1) is 0 Å². The summed E-state index contributed by atoms with van der Waals surface area (Å²) in [5.41, 5.74) is 5.08. The number of nitrogens with zero attached hydrogens (tertiary/aromatic N) is 3. The molecule has 150 valence electrons. The quantitative estimate of drug-likeness (QED) is 0.648. The van der Waals surface area contributed by atoms with E-state index in [9.17, 15) is 9.59 Å². The smallest absolute Gasteiger partial charge is 0.253 e. The number of amides is 2. The summed E-state index contributed by atoms with van der Waals surface area (Å²) in [5, 5.41) is 9.90. The maximum Gasteiger partial charge on any atom is 0.253 e. The second-order valence-electron chi connectivity index (χ2n) is 6.89. The molecule has 29 heavy (non-hydrogen) atoms. The van der Waals surface area contributed by atoms with Crippen LogP contribution in [0.15, 0.2) is 48.7 Å². The Morgan fingerprint density at radius 2 is 1.76 bits per heavy atom. The third-order valence-corrected chi connectivity index (χ3v) is 4.66. The van der Waals surface area contributed by atoms with E-state index in [1.54, 1.807) is 12.3 Å². The predicted octanol–water partition coefficient (Wildman–Crippen LogP) is 2.63. The van der Waals surface area contributed by atoms with E-state index >= 15 is 0 Å². The van der Waals surface area contributed by atoms with Crippen molar-refractivity contribution in [2.24, 2.45) is 0 Å². The van der Waals surface area contributed by atoms with Crippen LogP contribution in [0, 0.1) is 13.8 Å². The summed E-state index contributed by atoms with van der Waals surface area (Å²) < 4.78 is 1.85. The van der Waals surface area contributed by atoms with Gasteiger partial charge < -0.3 is 10.6 Å². The number of aromatic nitrogens is 3. The molecule has 3 rings (SSSR count). The van der Waals surface area contributed by atoms with Crippen molar-refractivity contribution in [1.82, 2.24) is 25.4 Å². The van der Waals surface area contributed by atoms with E-state index < -0.39 is 0 Å². The number of rotatable bonds is 7. The van der Waals surface area contributed by atoms with Crippen LogP contribution in [0.4, 0.5) is 0 Å². The van der Waals surface area contributed by atoms with E-state index in [-0.39, 0.29) is 11.8 Å². The van der Waals surface area contributed by atoms with Crippen molar-refractivity contribution in [3.8, 4) is 11.3 Å². The van der Waals surface area contributed by atoms with Gasteiger partial charge in [0.1, 0.15) is 0 Å². The SMILES string of the molecule is CC(=O)NCc1ccc(-c2ccc(C(=O)NCCn3nccc3C)c(C)n2)cc1. The Bertz CT molecular complexity index is 1010. The number of carbonyl (C=O) groups excluding carboxylic acids is 2. The molecule has 0 aliphatic carbocycles. The van der Waals surface area contributed by atoms with Crippen LogP contribution < -0.4 is 10.6 Å². The van der Waals surface area contributed by atoms with E-state index in [0.717, 1.165) is 22.5 Å². The van der Waals surface area contributed by atoms with Crippen LogP contribution in [0.2, 0.25) is 0 Å². The summed E-state index contributed by atoms with van der Waals surface area (Å²) in [7, 11) is 0. The zero-order valence-corrected chi connectivity index (χ0v) is 16.9. The molecule has 0 radical (unpaired) electrons. The molecular weight excluding hydrogens is 366 g/mol. The van der Waals surface area contributed by atoms with Crippen molar-refractivity contribution >= 4 is 11.8 Å². The highest BCUT2D eigenvalue weighted by Crippen LogP contribution is 2.20. The van der Waals surface area contributed by atoms with Crippen molar-refractivity contribution in [2.45, 2.75) is 33.9 Å². The van der Waals surface area contributed by atoms with Crippen LogP contribution in [-0.2, 0) is 17.9 Å². The van der Waals surface area contributed by atoms with Crippen LogP contribution in [0.3, 0.4) is 0 Å².